The molecule has 0 unspecified atom stereocenters. The number of rotatable bonds is 59. The van der Waals surface area contributed by atoms with Crippen LogP contribution in [0.5, 0.6) is 5.75 Å². The molecule has 36 N–H and O–H groups in total. The smallest absolute Gasteiger partial charge is 0.326 e. The summed E-state index contributed by atoms with van der Waals surface area (Å²) in [6.45, 7) is -1.07. The SMILES string of the molecule is CC(C)C[C@H](NC(=O)[C@H](CO)NC(=O)CNC(=O)[C@@H](N)Cc1ccc(O)cc1)C(=O)N1CCC[C@H]1C(=O)N[C@@H](CCC(N)=O)C(=O)N[C@@H](CCCCN)C(=O)N[C@@H](CO)C(=O)N[C@@H](CCC(N)=O)C(=O)N[C@@H](CCCNC(=N)N)C(=O)N[C@@H](CO)C(=O)N[C@@H](CCC(N)=O)C(=O)N[C@@H](CC(=O)O)C(=O)N[C@@H](CCC(=O)O)C(=O)N[C@@H](CC(N)=O)C(=O)O. The van der Waals surface area contributed by atoms with Gasteiger partial charge in [-0.05, 0) is 114 Å². The monoisotopic (exact) mass is 1740 g/mol. The molecule has 1 aliphatic rings. The van der Waals surface area contributed by atoms with Crippen molar-refractivity contribution in [3.05, 3.63) is 29.8 Å². The van der Waals surface area contributed by atoms with E-state index in [1.54, 1.807) is 13.8 Å². The minimum atomic E-state index is -2.25. The molecule has 0 aromatic heterocycles. The Morgan fingerprint density at radius 2 is 0.828 bits per heavy atom. The lowest BCUT2D eigenvalue weighted by molar-refractivity contribution is -0.144. The summed E-state index contributed by atoms with van der Waals surface area (Å²) < 4.78 is 0. The molecule has 0 bridgehead atoms. The fourth-order valence-electron chi connectivity index (χ4n) is 11.8. The molecule has 0 radical (unpaired) electrons. The van der Waals surface area contributed by atoms with Gasteiger partial charge in [-0.25, -0.2) is 4.79 Å². The number of amides is 18. The van der Waals surface area contributed by atoms with E-state index in [0.717, 1.165) is 4.90 Å². The largest absolute Gasteiger partial charge is 0.508 e. The van der Waals surface area contributed by atoms with Crippen LogP contribution in [-0.2, 0) is 107 Å². The van der Waals surface area contributed by atoms with E-state index in [-0.39, 0.29) is 82.7 Å². The van der Waals surface area contributed by atoms with Gasteiger partial charge in [-0.2, -0.15) is 0 Å². The van der Waals surface area contributed by atoms with E-state index < -0.39 is 312 Å². The van der Waals surface area contributed by atoms with Gasteiger partial charge in [0.25, 0.3) is 0 Å². The maximum absolute atomic E-state index is 14.5. The number of nitrogens with zero attached hydrogens (tertiary/aromatic N) is 1. The van der Waals surface area contributed by atoms with Crippen molar-refractivity contribution in [2.45, 2.75) is 220 Å². The Hall–Kier alpha value is -13.0. The minimum absolute atomic E-state index is 0.0134. The average Bonchev–Trinajstić information content (AvgIpc) is 1.68. The van der Waals surface area contributed by atoms with Crippen LogP contribution in [0, 0.1) is 11.3 Å². The highest BCUT2D eigenvalue weighted by Crippen LogP contribution is 2.22. The van der Waals surface area contributed by atoms with Crippen molar-refractivity contribution in [1.29, 1.82) is 5.41 Å². The van der Waals surface area contributed by atoms with E-state index in [9.17, 15) is 136 Å². The first-order valence-corrected chi connectivity index (χ1v) is 38.5. The molecule has 1 aromatic rings. The molecular weight excluding hydrogens is 1620 g/mol. The maximum Gasteiger partial charge on any atom is 0.326 e. The first kappa shape index (κ1) is 105. The number of likely N-dealkylation sites (tertiary alicyclic amines) is 1. The van der Waals surface area contributed by atoms with Crippen molar-refractivity contribution in [3.63, 3.8) is 0 Å². The number of carboxylic acid groups (broad SMARTS) is 3. The summed E-state index contributed by atoms with van der Waals surface area (Å²) in [5.41, 5.74) is 39.0. The Labute approximate surface area is 697 Å². The first-order valence-electron chi connectivity index (χ1n) is 38.5. The number of phenols is 1. The van der Waals surface area contributed by atoms with Crippen LogP contribution in [0.1, 0.15) is 135 Å². The third kappa shape index (κ3) is 39.7. The normalized spacial score (nSPS) is 15.4. The van der Waals surface area contributed by atoms with Crippen LogP contribution in [0.15, 0.2) is 24.3 Å². The molecule has 680 valence electrons. The lowest BCUT2D eigenvalue weighted by Gasteiger charge is -2.31. The maximum atomic E-state index is 14.5. The van der Waals surface area contributed by atoms with Crippen LogP contribution in [0.25, 0.3) is 0 Å². The highest BCUT2D eigenvalue weighted by atomic mass is 16.4. The fourth-order valence-corrected chi connectivity index (χ4v) is 11.8. The molecule has 1 fully saturated rings. The molecule has 0 saturated carbocycles. The van der Waals surface area contributed by atoms with Crippen molar-refractivity contribution in [3.8, 4) is 5.75 Å². The predicted octanol–water partition coefficient (Wildman–Crippen LogP) is -13.3. The van der Waals surface area contributed by atoms with Gasteiger partial charge in [-0.3, -0.25) is 101 Å². The Bertz CT molecular complexity index is 3870. The average molecular weight is 1740 g/mol. The van der Waals surface area contributed by atoms with E-state index >= 15 is 0 Å². The number of hydrogen-bond donors (Lipinski definition) is 29. The molecule has 18 amide bonds. The van der Waals surface area contributed by atoms with Gasteiger partial charge in [0.15, 0.2) is 5.96 Å². The number of aliphatic hydroxyl groups excluding tert-OH is 3. The molecule has 1 heterocycles. The summed E-state index contributed by atoms with van der Waals surface area (Å²) in [6.07, 6.45) is -8.39. The Morgan fingerprint density at radius 1 is 0.443 bits per heavy atom. The summed E-state index contributed by atoms with van der Waals surface area (Å²) >= 11 is 0. The number of unbranched alkanes of at least 4 members (excludes halogenated alkanes) is 1. The number of primary amides is 4. The van der Waals surface area contributed by atoms with Gasteiger partial charge in [-0.15, -0.1) is 0 Å². The number of aromatic hydroxyl groups is 1. The third-order valence-electron chi connectivity index (χ3n) is 18.2. The molecule has 14 atom stereocenters. The van der Waals surface area contributed by atoms with Crippen molar-refractivity contribution >= 4 is 130 Å². The van der Waals surface area contributed by atoms with Gasteiger partial charge in [0.2, 0.25) is 106 Å². The predicted molar refractivity (Wildman–Crippen MR) is 419 cm³/mol. The molecule has 0 aliphatic carbocycles. The Morgan fingerprint density at radius 3 is 1.23 bits per heavy atom. The number of benzene rings is 1. The highest BCUT2D eigenvalue weighted by Gasteiger charge is 2.42. The van der Waals surface area contributed by atoms with E-state index in [0.29, 0.717) is 5.56 Å². The number of carbonyl (C=O) groups is 21. The number of carbonyl (C=O) groups excluding carboxylic acids is 18. The van der Waals surface area contributed by atoms with Crippen LogP contribution in [0.3, 0.4) is 0 Å². The number of guanidine groups is 1. The lowest BCUT2D eigenvalue weighted by Crippen LogP contribution is -2.61. The van der Waals surface area contributed by atoms with Crippen LogP contribution in [0.4, 0.5) is 0 Å². The topological polar surface area (TPSA) is 878 Å². The second-order valence-corrected chi connectivity index (χ2v) is 28.7. The molecule has 1 aromatic carbocycles. The van der Waals surface area contributed by atoms with Gasteiger partial charge >= 0.3 is 17.9 Å². The third-order valence-corrected chi connectivity index (χ3v) is 18.2. The molecule has 1 saturated heterocycles. The van der Waals surface area contributed by atoms with Crippen molar-refractivity contribution in [1.82, 2.24) is 79.3 Å². The first-order chi connectivity index (χ1) is 57.3. The van der Waals surface area contributed by atoms with Gasteiger partial charge < -0.3 is 155 Å². The molecule has 1 aliphatic heterocycles. The van der Waals surface area contributed by atoms with Gasteiger partial charge in [0.05, 0.1) is 45.2 Å². The molecule has 122 heavy (non-hydrogen) atoms. The van der Waals surface area contributed by atoms with Crippen molar-refractivity contribution in [2.24, 2.45) is 46.1 Å². The van der Waals surface area contributed by atoms with Gasteiger partial charge in [-0.1, -0.05) is 26.0 Å². The zero-order chi connectivity index (χ0) is 92.2. The van der Waals surface area contributed by atoms with Crippen LogP contribution in [-0.4, -0.2) is 301 Å². The molecule has 51 heteroatoms. The Balaban J connectivity index is 2.46. The highest BCUT2D eigenvalue weighted by molar-refractivity contribution is 6.01. The number of nitrogens with two attached hydrogens (primary N) is 7. The molecular formula is C71H113N23O28. The number of aliphatic hydroxyl groups is 3. The van der Waals surface area contributed by atoms with Crippen LogP contribution < -0.4 is 115 Å². The van der Waals surface area contributed by atoms with Crippen molar-refractivity contribution < 1.29 is 136 Å². The standard InChI is InChI=1S/C71H113N23O28/c1-33(2)25-44(90-65(116)46(30-95)82-54(103)29-81-57(108)36(73)26-34-10-12-35(98)13-11-34)69(120)94-24-6-9-49(94)68(119)88-41(16-20-52(76)101)61(112)83-37(7-3-4-22-72)58(109)92-47(31-96)66(117)86-39(14-18-50(74)99)60(111)84-38(8-5-23-80-71(78)79)59(110)93-48(32-97)67(118)87-40(15-19-51(75)100)62(113)89-43(28-56(106)107)64(115)85-42(17-21-55(104)105)63(114)91-45(70(121)122)27-53(77)102/h10-13,33,36-49,95-98H,3-9,14-32,72-73H2,1-2H3,(H2,74,99)(H2,75,100)(H2,76,101)(H2,77,102)(H,81,108)(H,82,103)(H,83,112)(H,84,111)(H,85,115)(H,86,117)(H,87,118)(H,88,119)(H,89,113)(H,90,116)(H,91,114)(H,92,109)(H,93,110)(H,104,105)(H,106,107)(H,121,122)(H4,78,79,80)/t36-,37-,38-,39-,40-,41-,42-,43-,44-,45-,46-,47-,48-,49-/m0/s1. The summed E-state index contributed by atoms with van der Waals surface area (Å²) in [4.78, 5) is 279. The number of hydrogen-bond acceptors (Lipinski definition) is 28. The van der Waals surface area contributed by atoms with Gasteiger partial charge in [0, 0.05) is 38.8 Å². The van der Waals surface area contributed by atoms with Gasteiger partial charge in [0.1, 0.15) is 84.3 Å². The number of nitrogens with one attached hydrogen (secondary N) is 15. The lowest BCUT2D eigenvalue weighted by atomic mass is 10.0. The molecule has 2 rings (SSSR count). The molecule has 0 spiro atoms. The van der Waals surface area contributed by atoms with E-state index in [1.807, 2.05) is 16.0 Å². The van der Waals surface area contributed by atoms with Crippen LogP contribution in [0.2, 0.25) is 0 Å². The minimum Gasteiger partial charge on any atom is -0.508 e. The molecule has 51 nitrogen and oxygen atoms in total. The van der Waals surface area contributed by atoms with Crippen molar-refractivity contribution in [2.75, 3.05) is 46.0 Å². The Kier molecular flexibility index (Phi) is 46.7. The summed E-state index contributed by atoms with van der Waals surface area (Å²) in [7, 11) is 0. The summed E-state index contributed by atoms with van der Waals surface area (Å²) in [5.74, 6) is -27.1. The zero-order valence-corrected chi connectivity index (χ0v) is 67.0. The quantitative estimate of drug-likeness (QED) is 0.0164. The van der Waals surface area contributed by atoms with E-state index in [2.05, 4.69) is 58.5 Å². The summed E-state index contributed by atoms with van der Waals surface area (Å²) in [5, 5.41) is 108. The van der Waals surface area contributed by atoms with E-state index in [4.69, 9.17) is 45.5 Å². The summed E-state index contributed by atoms with van der Waals surface area (Å²) in [6, 6.07) is -19.4. The number of carboxylic acids is 3. The fraction of sp³-hybridized carbons (Fsp3) is 0.606. The zero-order valence-electron chi connectivity index (χ0n) is 67.0. The number of phenolic OH excluding ortho intramolecular Hbond substituents is 1. The van der Waals surface area contributed by atoms with Crippen LogP contribution >= 0.6 is 0 Å². The number of aliphatic carboxylic acids is 3. The second kappa shape index (κ2) is 54.2. The van der Waals surface area contributed by atoms with E-state index in [1.165, 1.54) is 24.3 Å². The second-order valence-electron chi connectivity index (χ2n) is 28.7.